The van der Waals surface area contributed by atoms with E-state index in [1.165, 1.54) is 4.31 Å². The fraction of sp³-hybridized carbons (Fsp3) is 0.650. The van der Waals surface area contributed by atoms with Gasteiger partial charge in [-0.05, 0) is 64.0 Å². The Bertz CT molecular complexity index is 774. The lowest BCUT2D eigenvalue weighted by Gasteiger charge is -2.32. The lowest BCUT2D eigenvalue weighted by Crippen LogP contribution is -2.48. The highest BCUT2D eigenvalue weighted by Gasteiger charge is 2.29. The van der Waals surface area contributed by atoms with E-state index in [1.54, 1.807) is 13.0 Å². The van der Waals surface area contributed by atoms with E-state index in [0.717, 1.165) is 56.5 Å². The zero-order valence-electron chi connectivity index (χ0n) is 17.7. The first-order valence-electron chi connectivity index (χ1n) is 9.85. The van der Waals surface area contributed by atoms with E-state index in [0.29, 0.717) is 12.2 Å². The highest BCUT2D eigenvalue weighted by Crippen LogP contribution is 2.23. The molecule has 0 unspecified atom stereocenters. The van der Waals surface area contributed by atoms with Crippen molar-refractivity contribution < 1.29 is 13.2 Å². The molecule has 0 bridgehead atoms. The second-order valence-corrected chi connectivity index (χ2v) is 9.65. The maximum absolute atomic E-state index is 12.6. The van der Waals surface area contributed by atoms with Crippen molar-refractivity contribution in [2.75, 3.05) is 56.9 Å². The summed E-state index contributed by atoms with van der Waals surface area (Å²) >= 11 is 0. The average Bonchev–Trinajstić information content (AvgIpc) is 2.62. The minimum Gasteiger partial charge on any atom is -0.354 e. The molecule has 1 aromatic rings. The van der Waals surface area contributed by atoms with Gasteiger partial charge in [0.2, 0.25) is 15.9 Å². The van der Waals surface area contributed by atoms with Crippen LogP contribution in [0.1, 0.15) is 24.5 Å². The normalized spacial score (nSPS) is 17.3. The lowest BCUT2D eigenvalue weighted by atomic mass is 10.1. The van der Waals surface area contributed by atoms with Gasteiger partial charge in [0.05, 0.1) is 11.9 Å². The molecule has 1 amide bonds. The van der Waals surface area contributed by atoms with Crippen LogP contribution in [-0.2, 0) is 14.8 Å². The highest BCUT2D eigenvalue weighted by atomic mass is 32.2. The summed E-state index contributed by atoms with van der Waals surface area (Å²) in [6, 6.07) is 4.64. The van der Waals surface area contributed by atoms with Crippen molar-refractivity contribution in [3.05, 3.63) is 29.3 Å². The summed E-state index contributed by atoms with van der Waals surface area (Å²) in [6.45, 7) is 11.3. The first kappa shape index (κ1) is 22.6. The predicted octanol–water partition coefficient (Wildman–Crippen LogP) is 1.21. The molecule has 0 radical (unpaired) electrons. The molecule has 0 saturated carbocycles. The molecule has 1 fully saturated rings. The number of amides is 1. The van der Waals surface area contributed by atoms with Gasteiger partial charge in [0.25, 0.3) is 0 Å². The Morgan fingerprint density at radius 3 is 2.39 bits per heavy atom. The molecule has 28 heavy (non-hydrogen) atoms. The minimum absolute atomic E-state index is 0.276. The molecule has 0 spiro atoms. The molecular weight excluding hydrogens is 376 g/mol. The third kappa shape index (κ3) is 6.18. The fourth-order valence-electron chi connectivity index (χ4n) is 3.40. The van der Waals surface area contributed by atoms with Crippen molar-refractivity contribution in [1.29, 1.82) is 0 Å². The van der Waals surface area contributed by atoms with Crippen LogP contribution >= 0.6 is 0 Å². The molecule has 1 N–H and O–H groups in total. The van der Waals surface area contributed by atoms with Crippen LogP contribution in [0, 0.1) is 13.8 Å². The third-order valence-electron chi connectivity index (χ3n) is 5.38. The van der Waals surface area contributed by atoms with Gasteiger partial charge in [-0.1, -0.05) is 6.07 Å². The number of nitrogens with zero attached hydrogens (tertiary/aromatic N) is 3. The number of rotatable bonds is 8. The summed E-state index contributed by atoms with van der Waals surface area (Å²) in [4.78, 5) is 17.3. The molecule has 1 aromatic carbocycles. The number of likely N-dealkylation sites (N-methyl/N-ethyl adjacent to an activating group) is 1. The van der Waals surface area contributed by atoms with Crippen LogP contribution < -0.4 is 9.62 Å². The highest BCUT2D eigenvalue weighted by molar-refractivity contribution is 7.92. The monoisotopic (exact) mass is 410 g/mol. The molecule has 0 aromatic heterocycles. The van der Waals surface area contributed by atoms with E-state index < -0.39 is 16.1 Å². The largest absolute Gasteiger partial charge is 0.354 e. The molecule has 1 aliphatic rings. The van der Waals surface area contributed by atoms with E-state index in [9.17, 15) is 13.2 Å². The average molecular weight is 411 g/mol. The number of hydrogen-bond acceptors (Lipinski definition) is 5. The van der Waals surface area contributed by atoms with E-state index in [4.69, 9.17) is 0 Å². The van der Waals surface area contributed by atoms with Crippen LogP contribution in [0.5, 0.6) is 0 Å². The summed E-state index contributed by atoms with van der Waals surface area (Å²) in [7, 11) is -1.46. The van der Waals surface area contributed by atoms with Gasteiger partial charge in [-0.15, -0.1) is 0 Å². The Balaban J connectivity index is 1.93. The third-order valence-corrected chi connectivity index (χ3v) is 6.62. The summed E-state index contributed by atoms with van der Waals surface area (Å²) in [5.41, 5.74) is 2.59. The molecular formula is C20H34N4O3S. The van der Waals surface area contributed by atoms with E-state index >= 15 is 0 Å². The van der Waals surface area contributed by atoms with Crippen molar-refractivity contribution in [1.82, 2.24) is 15.1 Å². The Kier molecular flexibility index (Phi) is 7.86. The molecule has 1 aliphatic heterocycles. The van der Waals surface area contributed by atoms with Gasteiger partial charge >= 0.3 is 0 Å². The number of benzene rings is 1. The second kappa shape index (κ2) is 9.71. The van der Waals surface area contributed by atoms with Gasteiger partial charge in [-0.3, -0.25) is 9.10 Å². The number of piperazine rings is 1. The fourth-order valence-corrected chi connectivity index (χ4v) is 4.57. The van der Waals surface area contributed by atoms with Crippen LogP contribution in [-0.4, -0.2) is 82.7 Å². The number of sulfonamides is 1. The zero-order chi connectivity index (χ0) is 20.9. The lowest BCUT2D eigenvalue weighted by molar-refractivity contribution is -0.121. The van der Waals surface area contributed by atoms with Gasteiger partial charge in [0, 0.05) is 32.7 Å². The van der Waals surface area contributed by atoms with Crippen molar-refractivity contribution in [3.8, 4) is 0 Å². The maximum atomic E-state index is 12.6. The van der Waals surface area contributed by atoms with Crippen molar-refractivity contribution in [2.45, 2.75) is 33.2 Å². The Morgan fingerprint density at radius 2 is 1.82 bits per heavy atom. The van der Waals surface area contributed by atoms with Crippen molar-refractivity contribution in [2.24, 2.45) is 0 Å². The molecule has 2 rings (SSSR count). The predicted molar refractivity (Wildman–Crippen MR) is 114 cm³/mol. The maximum Gasteiger partial charge on any atom is 0.243 e. The molecule has 8 heteroatoms. The summed E-state index contributed by atoms with van der Waals surface area (Å²) < 4.78 is 25.9. The number of anilines is 1. The van der Waals surface area contributed by atoms with Crippen LogP contribution in [0.2, 0.25) is 0 Å². The van der Waals surface area contributed by atoms with Gasteiger partial charge in [-0.25, -0.2) is 8.42 Å². The Labute approximate surface area is 169 Å². The number of carbonyl (C=O) groups is 1. The molecule has 7 nitrogen and oxygen atoms in total. The minimum atomic E-state index is -3.59. The second-order valence-electron chi connectivity index (χ2n) is 7.79. The molecule has 158 valence electrons. The summed E-state index contributed by atoms with van der Waals surface area (Å²) in [5, 5.41) is 2.90. The first-order chi connectivity index (χ1) is 13.1. The number of hydrogen-bond donors (Lipinski definition) is 1. The van der Waals surface area contributed by atoms with Crippen LogP contribution in [0.4, 0.5) is 5.69 Å². The summed E-state index contributed by atoms with van der Waals surface area (Å²) in [5.74, 6) is -0.276. The molecule has 1 atom stereocenters. The first-order valence-corrected chi connectivity index (χ1v) is 11.7. The molecule has 1 heterocycles. The van der Waals surface area contributed by atoms with Crippen LogP contribution in [0.15, 0.2) is 18.2 Å². The Morgan fingerprint density at radius 1 is 1.18 bits per heavy atom. The smallest absolute Gasteiger partial charge is 0.243 e. The van der Waals surface area contributed by atoms with Gasteiger partial charge in [0.15, 0.2) is 0 Å². The van der Waals surface area contributed by atoms with Gasteiger partial charge < -0.3 is 15.1 Å². The summed E-state index contributed by atoms with van der Waals surface area (Å²) in [6.07, 6.45) is 1.99. The number of carbonyl (C=O) groups excluding carboxylic acids is 1. The number of aryl methyl sites for hydroxylation is 2. The zero-order valence-corrected chi connectivity index (χ0v) is 18.6. The quantitative estimate of drug-likeness (QED) is 0.652. The number of nitrogens with one attached hydrogen (secondary N) is 1. The molecule has 1 saturated heterocycles. The van der Waals surface area contributed by atoms with Crippen molar-refractivity contribution in [3.63, 3.8) is 0 Å². The van der Waals surface area contributed by atoms with Crippen LogP contribution in [0.25, 0.3) is 0 Å². The van der Waals surface area contributed by atoms with Crippen LogP contribution in [0.3, 0.4) is 0 Å². The van der Waals surface area contributed by atoms with E-state index in [2.05, 4.69) is 22.2 Å². The molecule has 0 aliphatic carbocycles. The van der Waals surface area contributed by atoms with Gasteiger partial charge in [0.1, 0.15) is 6.04 Å². The topological polar surface area (TPSA) is 73.0 Å². The Hall–Kier alpha value is -1.64. The SMILES string of the molecule is Cc1ccc(N([C@@H](C)C(=O)NCCCN2CCN(C)CC2)S(C)(=O)=O)cc1C. The van der Waals surface area contributed by atoms with E-state index in [1.807, 2.05) is 26.0 Å². The van der Waals surface area contributed by atoms with Crippen molar-refractivity contribution >= 4 is 21.6 Å². The van der Waals surface area contributed by atoms with Gasteiger partial charge in [-0.2, -0.15) is 0 Å². The van der Waals surface area contributed by atoms with E-state index in [-0.39, 0.29) is 5.91 Å². The standard InChI is InChI=1S/C20H34N4O3S/c1-16-7-8-19(15-17(16)2)24(28(5,26)27)18(3)20(25)21-9-6-10-23-13-11-22(4)12-14-23/h7-8,15,18H,6,9-14H2,1-5H3,(H,21,25)/t18-/m0/s1.